The van der Waals surface area contributed by atoms with E-state index in [1.807, 2.05) is 24.3 Å². The Labute approximate surface area is 349 Å². The van der Waals surface area contributed by atoms with Gasteiger partial charge in [-0.25, -0.2) is 9.97 Å². The van der Waals surface area contributed by atoms with E-state index in [9.17, 15) is 0 Å². The van der Waals surface area contributed by atoms with Crippen molar-refractivity contribution in [1.29, 1.82) is 0 Å². The molecule has 11 aromatic rings. The highest BCUT2D eigenvalue weighted by Crippen LogP contribution is 2.43. The molecule has 0 radical (unpaired) electrons. The second-order valence-electron chi connectivity index (χ2n) is 16.6. The third kappa shape index (κ3) is 5.91. The molecule has 0 fully saturated rings. The molecule has 0 saturated heterocycles. The molecule has 286 valence electrons. The minimum Gasteiger partial charge on any atom is -0.309 e. The highest BCUT2D eigenvalue weighted by atomic mass is 15.0. The summed E-state index contributed by atoms with van der Waals surface area (Å²) in [7, 11) is 0. The Morgan fingerprint density at radius 1 is 0.350 bits per heavy atom. The molecule has 0 amide bonds. The van der Waals surface area contributed by atoms with Gasteiger partial charge in [0.25, 0.3) is 0 Å². The standard InChI is InChI=1S/C56H42N4/c1-56(2,3)40-31-33-53-46(35-40)44-25-13-17-29-52(44)60(53)54-34-39(48-36-47(37-18-6-4-7-19-37)57-55(58-48)38-20-8-5-9-21-38)30-32-45(54)43-24-12-16-28-51(43)59-49-26-14-10-22-41(49)42-23-11-15-27-50(42)59/h4-36H,1-3H3. The molecule has 0 saturated carbocycles. The molecule has 11 rings (SSSR count). The van der Waals surface area contributed by atoms with Gasteiger partial charge in [0.1, 0.15) is 0 Å². The molecule has 0 atom stereocenters. The van der Waals surface area contributed by atoms with Crippen LogP contribution in [-0.4, -0.2) is 19.1 Å². The molecule has 0 spiro atoms. The fourth-order valence-electron chi connectivity index (χ4n) is 8.95. The van der Waals surface area contributed by atoms with Crippen LogP contribution in [0.25, 0.3) is 100 Å². The smallest absolute Gasteiger partial charge is 0.160 e. The number of hydrogen-bond donors (Lipinski definition) is 0. The molecule has 0 N–H and O–H groups in total. The molecule has 60 heavy (non-hydrogen) atoms. The molecule has 3 heterocycles. The maximum absolute atomic E-state index is 5.29. The van der Waals surface area contributed by atoms with Crippen LogP contribution in [0, 0.1) is 0 Å². The minimum absolute atomic E-state index is 0.00363. The van der Waals surface area contributed by atoms with Crippen molar-refractivity contribution in [1.82, 2.24) is 19.1 Å². The van der Waals surface area contributed by atoms with Gasteiger partial charge in [-0.3, -0.25) is 0 Å². The van der Waals surface area contributed by atoms with Crippen LogP contribution < -0.4 is 0 Å². The highest BCUT2D eigenvalue weighted by molar-refractivity contribution is 6.11. The fourth-order valence-corrected chi connectivity index (χ4v) is 8.95. The van der Waals surface area contributed by atoms with Crippen molar-refractivity contribution in [2.45, 2.75) is 26.2 Å². The summed E-state index contributed by atoms with van der Waals surface area (Å²) in [4.78, 5) is 10.4. The first-order chi connectivity index (χ1) is 29.4. The zero-order valence-corrected chi connectivity index (χ0v) is 33.8. The third-order valence-electron chi connectivity index (χ3n) is 11.9. The van der Waals surface area contributed by atoms with Crippen molar-refractivity contribution < 1.29 is 0 Å². The summed E-state index contributed by atoms with van der Waals surface area (Å²) in [6.07, 6.45) is 0. The van der Waals surface area contributed by atoms with Gasteiger partial charge in [-0.2, -0.15) is 0 Å². The van der Waals surface area contributed by atoms with Crippen molar-refractivity contribution in [3.63, 3.8) is 0 Å². The van der Waals surface area contributed by atoms with Gasteiger partial charge in [0.15, 0.2) is 5.82 Å². The number of rotatable bonds is 6. The first kappa shape index (κ1) is 35.6. The van der Waals surface area contributed by atoms with Gasteiger partial charge in [0.05, 0.1) is 44.8 Å². The van der Waals surface area contributed by atoms with Crippen LogP contribution >= 0.6 is 0 Å². The molecule has 0 aliphatic heterocycles. The van der Waals surface area contributed by atoms with Crippen molar-refractivity contribution in [2.75, 3.05) is 0 Å². The van der Waals surface area contributed by atoms with Crippen LogP contribution in [-0.2, 0) is 5.41 Å². The monoisotopic (exact) mass is 770 g/mol. The highest BCUT2D eigenvalue weighted by Gasteiger charge is 2.23. The average Bonchev–Trinajstić information content (AvgIpc) is 3.81. The molecular weight excluding hydrogens is 729 g/mol. The molecule has 0 aliphatic rings. The summed E-state index contributed by atoms with van der Waals surface area (Å²) >= 11 is 0. The summed E-state index contributed by atoms with van der Waals surface area (Å²) in [5.41, 5.74) is 15.2. The quantitative estimate of drug-likeness (QED) is 0.169. The lowest BCUT2D eigenvalue weighted by Gasteiger charge is -2.21. The van der Waals surface area contributed by atoms with Crippen LogP contribution in [0.15, 0.2) is 200 Å². The first-order valence-electron chi connectivity index (χ1n) is 20.7. The average molecular weight is 771 g/mol. The lowest BCUT2D eigenvalue weighted by atomic mass is 9.86. The van der Waals surface area contributed by atoms with E-state index in [1.165, 1.54) is 38.1 Å². The topological polar surface area (TPSA) is 35.6 Å². The van der Waals surface area contributed by atoms with E-state index in [4.69, 9.17) is 9.97 Å². The molecule has 8 aromatic carbocycles. The lowest BCUT2D eigenvalue weighted by Crippen LogP contribution is -2.10. The van der Waals surface area contributed by atoms with Gasteiger partial charge >= 0.3 is 0 Å². The number of nitrogens with zero attached hydrogens (tertiary/aromatic N) is 4. The van der Waals surface area contributed by atoms with Gasteiger partial charge in [-0.1, -0.05) is 172 Å². The zero-order chi connectivity index (χ0) is 40.4. The Morgan fingerprint density at radius 2 is 0.833 bits per heavy atom. The van der Waals surface area contributed by atoms with Crippen LogP contribution in [0.5, 0.6) is 0 Å². The normalized spacial score (nSPS) is 11.9. The summed E-state index contributed by atoms with van der Waals surface area (Å²) in [5, 5.41) is 4.95. The van der Waals surface area contributed by atoms with E-state index in [0.29, 0.717) is 5.82 Å². The van der Waals surface area contributed by atoms with Crippen LogP contribution in [0.3, 0.4) is 0 Å². The minimum atomic E-state index is 0.00363. The van der Waals surface area contributed by atoms with Crippen molar-refractivity contribution in [3.05, 3.63) is 206 Å². The number of hydrogen-bond acceptors (Lipinski definition) is 2. The van der Waals surface area contributed by atoms with Gasteiger partial charge in [0.2, 0.25) is 0 Å². The van der Waals surface area contributed by atoms with Crippen molar-refractivity contribution in [2.24, 2.45) is 0 Å². The predicted molar refractivity (Wildman–Crippen MR) is 251 cm³/mol. The fraction of sp³-hybridized carbons (Fsp3) is 0.0714. The summed E-state index contributed by atoms with van der Waals surface area (Å²) in [6, 6.07) is 71.9. The molecular formula is C56H42N4. The van der Waals surface area contributed by atoms with Crippen molar-refractivity contribution >= 4 is 43.6 Å². The number of aromatic nitrogens is 4. The maximum Gasteiger partial charge on any atom is 0.160 e. The Balaban J connectivity index is 1.22. The maximum atomic E-state index is 5.29. The summed E-state index contributed by atoms with van der Waals surface area (Å²) in [5.74, 6) is 0.695. The molecule has 0 aliphatic carbocycles. The SMILES string of the molecule is CC(C)(C)c1ccc2c(c1)c1ccccc1n2-c1cc(-c2cc(-c3ccccc3)nc(-c3ccccc3)n2)ccc1-c1ccccc1-n1c2ccccc2c2ccccc21. The lowest BCUT2D eigenvalue weighted by molar-refractivity contribution is 0.591. The number of benzene rings is 8. The first-order valence-corrected chi connectivity index (χ1v) is 20.7. The second kappa shape index (κ2) is 14.1. The molecule has 3 aromatic heterocycles. The van der Waals surface area contributed by atoms with Gasteiger partial charge in [-0.15, -0.1) is 0 Å². The largest absolute Gasteiger partial charge is 0.309 e. The van der Waals surface area contributed by atoms with Crippen molar-refractivity contribution in [3.8, 4) is 56.4 Å². The van der Waals surface area contributed by atoms with E-state index in [1.54, 1.807) is 0 Å². The van der Waals surface area contributed by atoms with Crippen LogP contribution in [0.2, 0.25) is 0 Å². The van der Waals surface area contributed by atoms with Gasteiger partial charge in [0, 0.05) is 49.4 Å². The number of fused-ring (bicyclic) bond motifs is 6. The predicted octanol–water partition coefficient (Wildman–Crippen LogP) is 14.6. The number of para-hydroxylation sites is 4. The molecule has 4 nitrogen and oxygen atoms in total. The molecule has 4 heteroatoms. The Hall–Kier alpha value is -7.56. The van der Waals surface area contributed by atoms with E-state index in [2.05, 4.69) is 206 Å². The molecule has 0 bridgehead atoms. The molecule has 0 unspecified atom stereocenters. The Morgan fingerprint density at radius 3 is 1.47 bits per heavy atom. The third-order valence-corrected chi connectivity index (χ3v) is 11.9. The summed E-state index contributed by atoms with van der Waals surface area (Å²) in [6.45, 7) is 6.86. The second-order valence-corrected chi connectivity index (χ2v) is 16.6. The van der Waals surface area contributed by atoms with E-state index >= 15 is 0 Å². The van der Waals surface area contributed by atoms with E-state index in [-0.39, 0.29) is 5.41 Å². The zero-order valence-electron chi connectivity index (χ0n) is 33.8. The van der Waals surface area contributed by atoms with E-state index in [0.717, 1.165) is 61.6 Å². The van der Waals surface area contributed by atoms with Gasteiger partial charge in [-0.05, 0) is 59.5 Å². The van der Waals surface area contributed by atoms with Crippen LogP contribution in [0.1, 0.15) is 26.3 Å². The Bertz CT molecular complexity index is 3290. The van der Waals surface area contributed by atoms with Crippen LogP contribution in [0.4, 0.5) is 0 Å². The summed E-state index contributed by atoms with van der Waals surface area (Å²) < 4.78 is 4.90. The van der Waals surface area contributed by atoms with Gasteiger partial charge < -0.3 is 9.13 Å². The van der Waals surface area contributed by atoms with E-state index < -0.39 is 0 Å². The Kier molecular flexibility index (Phi) is 8.35.